The maximum absolute atomic E-state index is 11.1. The second-order valence-corrected chi connectivity index (χ2v) is 8.42. The monoisotopic (exact) mass is 435 g/mol. The van der Waals surface area contributed by atoms with Gasteiger partial charge in [-0.15, -0.1) is 11.3 Å². The minimum atomic E-state index is -1.09. The fourth-order valence-electron chi connectivity index (χ4n) is 3.72. The topological polar surface area (TPSA) is 92.5 Å². The highest BCUT2D eigenvalue weighted by atomic mass is 32.1. The van der Waals surface area contributed by atoms with Gasteiger partial charge in [-0.05, 0) is 25.1 Å². The van der Waals surface area contributed by atoms with E-state index in [1.807, 2.05) is 30.5 Å². The van der Waals surface area contributed by atoms with Crippen molar-refractivity contribution in [1.29, 1.82) is 0 Å². The summed E-state index contributed by atoms with van der Waals surface area (Å²) in [5.41, 5.74) is 4.85. The highest BCUT2D eigenvalue weighted by Gasteiger charge is 2.19. The predicted molar refractivity (Wildman–Crippen MR) is 122 cm³/mol. The first-order chi connectivity index (χ1) is 15.1. The van der Waals surface area contributed by atoms with Gasteiger partial charge in [0.2, 0.25) is 0 Å². The number of aromatic nitrogens is 3. The fraction of sp³-hybridized carbons (Fsp3) is 0.227. The molecule has 4 heterocycles. The molecule has 9 heteroatoms. The zero-order valence-electron chi connectivity index (χ0n) is 16.9. The molecule has 3 aromatic heterocycles. The fourth-order valence-corrected chi connectivity index (χ4v) is 4.76. The maximum Gasteiger partial charge on any atom is 0.409 e. The molecule has 1 amide bonds. The Bertz CT molecular complexity index is 1260. The van der Waals surface area contributed by atoms with E-state index in [-0.39, 0.29) is 0 Å². The minimum absolute atomic E-state index is 0.544. The Morgan fingerprint density at radius 1 is 1.19 bits per heavy atom. The number of ether oxygens (including phenoxy) is 1. The van der Waals surface area contributed by atoms with Gasteiger partial charge in [0.15, 0.2) is 5.82 Å². The molecule has 0 bridgehead atoms. The largest absolute Gasteiger partial charge is 0.465 e. The number of benzene rings is 1. The van der Waals surface area contributed by atoms with Crippen molar-refractivity contribution in [3.05, 3.63) is 54.2 Å². The molecule has 1 saturated heterocycles. The van der Waals surface area contributed by atoms with Crippen LogP contribution in [0.2, 0.25) is 0 Å². The minimum Gasteiger partial charge on any atom is -0.465 e. The molecule has 31 heavy (non-hydrogen) atoms. The number of nitrogens with zero attached hydrogens (tertiary/aromatic N) is 4. The number of nitrogens with one attached hydrogen (secondary N) is 1. The summed E-state index contributed by atoms with van der Waals surface area (Å²) in [5, 5.41) is 16.8. The van der Waals surface area contributed by atoms with Crippen LogP contribution in [-0.4, -0.2) is 52.3 Å². The first-order valence-electron chi connectivity index (χ1n) is 9.97. The first-order valence-corrected chi connectivity index (χ1v) is 10.8. The number of morpholine rings is 1. The Morgan fingerprint density at radius 3 is 2.81 bits per heavy atom. The smallest absolute Gasteiger partial charge is 0.409 e. The number of anilines is 2. The van der Waals surface area contributed by atoms with Gasteiger partial charge in [-0.1, -0.05) is 23.8 Å². The van der Waals surface area contributed by atoms with E-state index in [4.69, 9.17) is 19.9 Å². The molecular formula is C22H21N5O3S. The van der Waals surface area contributed by atoms with Gasteiger partial charge in [0.25, 0.3) is 0 Å². The molecule has 0 saturated carbocycles. The molecule has 2 N–H and O–H groups in total. The van der Waals surface area contributed by atoms with Crippen LogP contribution in [0, 0.1) is 6.92 Å². The zero-order chi connectivity index (χ0) is 21.4. The molecule has 8 nitrogen and oxygen atoms in total. The molecule has 1 aliphatic heterocycles. The van der Waals surface area contributed by atoms with E-state index in [0.29, 0.717) is 24.0 Å². The summed E-state index contributed by atoms with van der Waals surface area (Å²) in [6.07, 6.45) is 0.812. The number of fused-ring (bicyclic) bond motifs is 1. The Balaban J connectivity index is 1.59. The van der Waals surface area contributed by atoms with Gasteiger partial charge in [-0.25, -0.2) is 14.5 Å². The van der Waals surface area contributed by atoms with Crippen LogP contribution in [0.25, 0.3) is 27.3 Å². The summed E-state index contributed by atoms with van der Waals surface area (Å²) < 4.78 is 8.22. The third kappa shape index (κ3) is 3.97. The molecule has 1 aliphatic rings. The average Bonchev–Trinajstić information content (AvgIpc) is 3.40. The SMILES string of the molecule is Cc1cccc(-c2ccn(-c3cc(N4CCOCC4)c4sc(NC(=O)O)cc4n3)n2)c1. The third-order valence-electron chi connectivity index (χ3n) is 5.17. The van der Waals surface area contributed by atoms with Crippen LogP contribution in [0.5, 0.6) is 0 Å². The summed E-state index contributed by atoms with van der Waals surface area (Å²) in [7, 11) is 0. The summed E-state index contributed by atoms with van der Waals surface area (Å²) in [5.74, 6) is 0.688. The summed E-state index contributed by atoms with van der Waals surface area (Å²) in [6, 6.07) is 14.0. The van der Waals surface area contributed by atoms with Crippen molar-refractivity contribution in [3.8, 4) is 17.1 Å². The zero-order valence-corrected chi connectivity index (χ0v) is 17.7. The van der Waals surface area contributed by atoms with Crippen molar-refractivity contribution >= 4 is 38.3 Å². The van der Waals surface area contributed by atoms with E-state index < -0.39 is 6.09 Å². The quantitative estimate of drug-likeness (QED) is 0.494. The van der Waals surface area contributed by atoms with E-state index >= 15 is 0 Å². The van der Waals surface area contributed by atoms with Crippen molar-refractivity contribution in [2.75, 3.05) is 36.5 Å². The van der Waals surface area contributed by atoms with Gasteiger partial charge in [-0.3, -0.25) is 5.32 Å². The van der Waals surface area contributed by atoms with Crippen LogP contribution in [0.4, 0.5) is 15.5 Å². The van der Waals surface area contributed by atoms with Crippen LogP contribution in [0.1, 0.15) is 5.56 Å². The van der Waals surface area contributed by atoms with Crippen molar-refractivity contribution in [1.82, 2.24) is 14.8 Å². The molecule has 0 radical (unpaired) electrons. The van der Waals surface area contributed by atoms with Gasteiger partial charge in [0.05, 0.1) is 34.8 Å². The maximum atomic E-state index is 11.1. The Morgan fingerprint density at radius 2 is 2.03 bits per heavy atom. The van der Waals surface area contributed by atoms with Crippen molar-refractivity contribution in [2.24, 2.45) is 0 Å². The van der Waals surface area contributed by atoms with Gasteiger partial charge in [0.1, 0.15) is 5.00 Å². The molecule has 0 spiro atoms. The lowest BCUT2D eigenvalue weighted by Gasteiger charge is -2.29. The number of hydrogen-bond acceptors (Lipinski definition) is 6. The van der Waals surface area contributed by atoms with Crippen LogP contribution in [0.3, 0.4) is 0 Å². The molecule has 1 fully saturated rings. The summed E-state index contributed by atoms with van der Waals surface area (Å²) >= 11 is 1.39. The normalized spacial score (nSPS) is 14.2. The van der Waals surface area contributed by atoms with E-state index in [1.165, 1.54) is 16.9 Å². The number of aryl methyl sites for hydroxylation is 1. The van der Waals surface area contributed by atoms with Gasteiger partial charge in [-0.2, -0.15) is 5.10 Å². The molecule has 4 aromatic rings. The van der Waals surface area contributed by atoms with Crippen molar-refractivity contribution in [2.45, 2.75) is 6.92 Å². The Labute approximate surface area is 182 Å². The predicted octanol–water partition coefficient (Wildman–Crippen LogP) is 4.38. The Hall–Kier alpha value is -3.43. The number of carbonyl (C=O) groups is 1. The summed E-state index contributed by atoms with van der Waals surface area (Å²) in [4.78, 5) is 18.1. The molecule has 0 unspecified atom stereocenters. The van der Waals surface area contributed by atoms with Crippen LogP contribution in [0.15, 0.2) is 48.7 Å². The lowest BCUT2D eigenvalue weighted by Crippen LogP contribution is -2.36. The number of hydrogen-bond donors (Lipinski definition) is 2. The van der Waals surface area contributed by atoms with E-state index in [1.54, 1.807) is 10.7 Å². The van der Waals surface area contributed by atoms with E-state index in [2.05, 4.69) is 29.3 Å². The molecule has 1 aromatic carbocycles. The summed E-state index contributed by atoms with van der Waals surface area (Å²) in [6.45, 7) is 4.91. The molecule has 158 valence electrons. The lowest BCUT2D eigenvalue weighted by atomic mass is 10.1. The number of carboxylic acid groups (broad SMARTS) is 1. The lowest BCUT2D eigenvalue weighted by molar-refractivity contribution is 0.123. The highest BCUT2D eigenvalue weighted by Crippen LogP contribution is 2.37. The van der Waals surface area contributed by atoms with Gasteiger partial charge in [0, 0.05) is 30.9 Å². The number of amides is 1. The first kappa shape index (κ1) is 19.5. The third-order valence-corrected chi connectivity index (χ3v) is 6.23. The average molecular weight is 436 g/mol. The van der Waals surface area contributed by atoms with Crippen molar-refractivity contribution < 1.29 is 14.6 Å². The van der Waals surface area contributed by atoms with Crippen molar-refractivity contribution in [3.63, 3.8) is 0 Å². The Kier molecular flexibility index (Phi) is 5.05. The standard InChI is InChI=1S/C22H21N5O3S/c1-14-3-2-4-15(11-14)16-5-6-27(25-16)19-13-18(26-7-9-30-10-8-26)21-17(23-19)12-20(31-21)24-22(28)29/h2-6,11-13,24H,7-10H2,1H3,(H,28,29). The van der Waals surface area contributed by atoms with Crippen LogP contribution < -0.4 is 10.2 Å². The van der Waals surface area contributed by atoms with Gasteiger partial charge < -0.3 is 14.7 Å². The second kappa shape index (κ2) is 8.01. The number of pyridine rings is 1. The van der Waals surface area contributed by atoms with Gasteiger partial charge >= 0.3 is 6.09 Å². The molecule has 0 aliphatic carbocycles. The van der Waals surface area contributed by atoms with E-state index in [0.717, 1.165) is 40.3 Å². The highest BCUT2D eigenvalue weighted by molar-refractivity contribution is 7.23. The number of thiophene rings is 1. The van der Waals surface area contributed by atoms with Crippen LogP contribution >= 0.6 is 11.3 Å². The molecule has 5 rings (SSSR count). The molecular weight excluding hydrogens is 414 g/mol. The van der Waals surface area contributed by atoms with E-state index in [9.17, 15) is 4.79 Å². The van der Waals surface area contributed by atoms with Crippen LogP contribution in [-0.2, 0) is 4.74 Å². The number of rotatable bonds is 4. The molecule has 0 atom stereocenters. The second-order valence-electron chi connectivity index (χ2n) is 7.37.